The Hall–Kier alpha value is -3.65. The van der Waals surface area contributed by atoms with Crippen molar-refractivity contribution in [2.75, 3.05) is 11.0 Å². The highest BCUT2D eigenvalue weighted by Gasteiger charge is 2.19. The zero-order valence-corrected chi connectivity index (χ0v) is 20.2. The van der Waals surface area contributed by atoms with E-state index in [2.05, 4.69) is 26.5 Å². The fourth-order valence-corrected chi connectivity index (χ4v) is 5.60. The van der Waals surface area contributed by atoms with Crippen molar-refractivity contribution in [1.82, 2.24) is 9.97 Å². The smallest absolute Gasteiger partial charge is 0.335 e. The monoisotopic (exact) mass is 507 g/mol. The number of benzene rings is 2. The highest BCUT2D eigenvalue weighted by molar-refractivity contribution is 7.98. The van der Waals surface area contributed by atoms with Crippen LogP contribution >= 0.6 is 23.1 Å². The summed E-state index contributed by atoms with van der Waals surface area (Å²) in [6.45, 7) is 0. The van der Waals surface area contributed by atoms with Crippen LogP contribution in [0.25, 0.3) is 10.6 Å². The van der Waals surface area contributed by atoms with Crippen LogP contribution in [0.3, 0.4) is 0 Å². The summed E-state index contributed by atoms with van der Waals surface area (Å²) < 4.78 is 28.9. The lowest BCUT2D eigenvalue weighted by atomic mass is 10.1. The number of carboxylic acid groups (broad SMARTS) is 1. The number of nitrogens with one attached hydrogen (secondary N) is 1. The van der Waals surface area contributed by atoms with E-state index in [9.17, 15) is 13.2 Å². The summed E-state index contributed by atoms with van der Waals surface area (Å²) in [6, 6.07) is 18.0. The highest BCUT2D eigenvalue weighted by atomic mass is 32.2. The van der Waals surface area contributed by atoms with E-state index < -0.39 is 16.0 Å². The lowest BCUT2D eigenvalue weighted by molar-refractivity contribution is 0.0697. The van der Waals surface area contributed by atoms with Gasteiger partial charge in [-0.25, -0.2) is 23.2 Å². The molecule has 0 radical (unpaired) electrons. The summed E-state index contributed by atoms with van der Waals surface area (Å²) in [6.07, 6.45) is 3.52. The average Bonchev–Trinajstić information content (AvgIpc) is 3.35. The number of hydrogen-bond donors (Lipinski definition) is 2. The summed E-state index contributed by atoms with van der Waals surface area (Å²) in [5.74, 6) is 4.88. The Morgan fingerprint density at radius 2 is 1.79 bits per heavy atom. The Labute approximate surface area is 205 Å². The van der Waals surface area contributed by atoms with Crippen LogP contribution in [0.15, 0.2) is 82.3 Å². The van der Waals surface area contributed by atoms with E-state index in [4.69, 9.17) is 5.11 Å². The lowest BCUT2D eigenvalue weighted by Crippen LogP contribution is -2.12. The van der Waals surface area contributed by atoms with Crippen LogP contribution in [0.4, 0.5) is 5.69 Å². The predicted molar refractivity (Wildman–Crippen MR) is 134 cm³/mol. The largest absolute Gasteiger partial charge is 0.478 e. The van der Waals surface area contributed by atoms with E-state index in [0.717, 1.165) is 16.2 Å². The Morgan fingerprint density at radius 3 is 2.53 bits per heavy atom. The number of thiophene rings is 1. The zero-order chi connectivity index (χ0) is 24.1. The summed E-state index contributed by atoms with van der Waals surface area (Å²) >= 11 is 2.53. The van der Waals surface area contributed by atoms with Crippen molar-refractivity contribution in [1.29, 1.82) is 0 Å². The molecular weight excluding hydrogens is 490 g/mol. The van der Waals surface area contributed by atoms with Gasteiger partial charge in [0, 0.05) is 17.3 Å². The SMILES string of the molecule is CSc1nccc(-c2ccc(S(=O)(=O)Nc3ccccc3C#Cc3ccc(C(=O)O)cc3)s2)n1. The van der Waals surface area contributed by atoms with Crippen LogP contribution in [0.2, 0.25) is 0 Å². The van der Waals surface area contributed by atoms with Crippen LogP contribution in [0.5, 0.6) is 0 Å². The summed E-state index contributed by atoms with van der Waals surface area (Å²) in [5, 5.41) is 9.61. The van der Waals surface area contributed by atoms with Crippen LogP contribution in [-0.2, 0) is 10.0 Å². The molecule has 0 aliphatic rings. The Kier molecular flexibility index (Phi) is 6.98. The van der Waals surface area contributed by atoms with Crippen molar-refractivity contribution < 1.29 is 18.3 Å². The number of thioether (sulfide) groups is 1. The number of sulfonamides is 1. The second kappa shape index (κ2) is 10.1. The maximum atomic E-state index is 13.1. The molecule has 10 heteroatoms. The van der Waals surface area contributed by atoms with Gasteiger partial charge in [0.2, 0.25) is 0 Å². The number of aromatic nitrogens is 2. The Morgan fingerprint density at radius 1 is 1.03 bits per heavy atom. The molecule has 170 valence electrons. The van der Waals surface area contributed by atoms with Gasteiger partial charge < -0.3 is 5.11 Å². The van der Waals surface area contributed by atoms with Gasteiger partial charge >= 0.3 is 5.97 Å². The number of aromatic carboxylic acids is 1. The molecule has 2 aromatic heterocycles. The predicted octanol–water partition coefficient (Wildman–Crippen LogP) is 4.83. The molecule has 4 aromatic rings. The zero-order valence-electron chi connectivity index (χ0n) is 17.7. The fraction of sp³-hybridized carbons (Fsp3) is 0.0417. The van der Waals surface area contributed by atoms with Gasteiger partial charge in [0.15, 0.2) is 5.16 Å². The number of hydrogen-bond acceptors (Lipinski definition) is 7. The van der Waals surface area contributed by atoms with Crippen molar-refractivity contribution in [3.63, 3.8) is 0 Å². The molecule has 7 nitrogen and oxygen atoms in total. The van der Waals surface area contributed by atoms with Gasteiger partial charge in [0.1, 0.15) is 4.21 Å². The van der Waals surface area contributed by atoms with Crippen molar-refractivity contribution in [2.24, 2.45) is 0 Å². The molecule has 34 heavy (non-hydrogen) atoms. The van der Waals surface area contributed by atoms with Crippen molar-refractivity contribution in [3.05, 3.63) is 89.6 Å². The topological polar surface area (TPSA) is 109 Å². The molecule has 0 saturated heterocycles. The summed E-state index contributed by atoms with van der Waals surface area (Å²) in [4.78, 5) is 20.3. The van der Waals surface area contributed by atoms with E-state index >= 15 is 0 Å². The van der Waals surface area contributed by atoms with E-state index in [1.165, 1.54) is 23.9 Å². The van der Waals surface area contributed by atoms with Gasteiger partial charge in [-0.2, -0.15) is 0 Å². The van der Waals surface area contributed by atoms with Crippen LogP contribution < -0.4 is 4.72 Å². The average molecular weight is 508 g/mol. The fourth-order valence-electron chi connectivity index (χ4n) is 2.89. The molecule has 0 atom stereocenters. The number of rotatable bonds is 6. The quantitative estimate of drug-likeness (QED) is 0.219. The molecule has 2 N–H and O–H groups in total. The van der Waals surface area contributed by atoms with Crippen LogP contribution in [0.1, 0.15) is 21.5 Å². The van der Waals surface area contributed by atoms with Gasteiger partial charge in [-0.15, -0.1) is 11.3 Å². The molecule has 0 fully saturated rings. The van der Waals surface area contributed by atoms with Crippen LogP contribution in [-0.4, -0.2) is 35.7 Å². The minimum Gasteiger partial charge on any atom is -0.478 e. The normalized spacial score (nSPS) is 10.9. The second-order valence-electron chi connectivity index (χ2n) is 6.83. The highest BCUT2D eigenvalue weighted by Crippen LogP contribution is 2.31. The van der Waals surface area contributed by atoms with Gasteiger partial charge in [0.05, 0.1) is 21.8 Å². The molecule has 0 amide bonds. The van der Waals surface area contributed by atoms with E-state index in [0.29, 0.717) is 27.7 Å². The van der Waals surface area contributed by atoms with Gasteiger partial charge in [-0.1, -0.05) is 35.7 Å². The summed E-state index contributed by atoms with van der Waals surface area (Å²) in [5.41, 5.74) is 2.27. The van der Waals surface area contributed by atoms with Gasteiger partial charge in [0.25, 0.3) is 10.0 Å². The number of nitrogens with zero attached hydrogens (tertiary/aromatic N) is 2. The molecule has 2 heterocycles. The van der Waals surface area contributed by atoms with Crippen molar-refractivity contribution in [2.45, 2.75) is 9.37 Å². The van der Waals surface area contributed by atoms with E-state index in [-0.39, 0.29) is 9.77 Å². The maximum Gasteiger partial charge on any atom is 0.335 e. The first-order valence-corrected chi connectivity index (χ1v) is 13.3. The Bertz CT molecular complexity index is 1520. The molecule has 2 aromatic carbocycles. The molecule has 0 aliphatic heterocycles. The van der Waals surface area contributed by atoms with E-state index in [1.54, 1.807) is 60.8 Å². The lowest BCUT2D eigenvalue weighted by Gasteiger charge is -2.08. The molecule has 0 unspecified atom stereocenters. The molecule has 4 rings (SSSR count). The minimum absolute atomic E-state index is 0.152. The Balaban J connectivity index is 1.58. The molecule has 0 bridgehead atoms. The van der Waals surface area contributed by atoms with Gasteiger partial charge in [-0.05, 0) is 60.9 Å². The third kappa shape index (κ3) is 5.46. The number of carbonyl (C=O) groups is 1. The van der Waals surface area contributed by atoms with E-state index in [1.807, 2.05) is 6.26 Å². The number of anilines is 1. The third-order valence-corrected chi connectivity index (χ3v) is 8.09. The summed E-state index contributed by atoms with van der Waals surface area (Å²) in [7, 11) is -3.85. The van der Waals surface area contributed by atoms with Gasteiger partial charge in [-0.3, -0.25) is 4.72 Å². The first-order chi connectivity index (χ1) is 16.4. The first-order valence-electron chi connectivity index (χ1n) is 9.80. The number of para-hydroxylation sites is 1. The van der Waals surface area contributed by atoms with Crippen molar-refractivity contribution in [3.8, 4) is 22.4 Å². The standard InChI is InChI=1S/C24H17N3O4S3/c1-32-24-25-15-14-20(26-24)21-12-13-22(33-21)34(30,31)27-19-5-3-2-4-17(19)9-6-16-7-10-18(11-8-16)23(28)29/h2-5,7-8,10-15,27H,1H3,(H,28,29). The maximum absolute atomic E-state index is 13.1. The molecule has 0 spiro atoms. The first kappa shape index (κ1) is 23.5. The minimum atomic E-state index is -3.85. The molecule has 0 aliphatic carbocycles. The second-order valence-corrected chi connectivity index (χ2v) is 10.6. The van der Waals surface area contributed by atoms with Crippen molar-refractivity contribution >= 4 is 44.8 Å². The molecular formula is C24H17N3O4S3. The number of carboxylic acids is 1. The third-order valence-electron chi connectivity index (χ3n) is 4.56. The van der Waals surface area contributed by atoms with Crippen LogP contribution in [0, 0.1) is 11.8 Å². The molecule has 0 saturated carbocycles.